The summed E-state index contributed by atoms with van der Waals surface area (Å²) in [6, 6.07) is 20.2. The van der Waals surface area contributed by atoms with E-state index in [-0.39, 0.29) is 12.5 Å². The third kappa shape index (κ3) is 5.08. The summed E-state index contributed by atoms with van der Waals surface area (Å²) in [5.74, 6) is 0.498. The number of fused-ring (bicyclic) bond motifs is 1. The third-order valence-electron chi connectivity index (χ3n) is 5.75. The lowest BCUT2D eigenvalue weighted by Gasteiger charge is -2.18. The molecule has 3 aromatic carbocycles. The molecule has 4 aromatic rings. The van der Waals surface area contributed by atoms with Gasteiger partial charge in [-0.25, -0.2) is 9.67 Å². The van der Waals surface area contributed by atoms with Crippen LogP contribution < -0.4 is 14.9 Å². The summed E-state index contributed by atoms with van der Waals surface area (Å²) < 4.78 is 7.36. The minimum absolute atomic E-state index is 0.0312. The number of ether oxygens (including phenoxy) is 1. The Morgan fingerprint density at radius 1 is 1.06 bits per heavy atom. The van der Waals surface area contributed by atoms with Gasteiger partial charge in [-0.1, -0.05) is 18.2 Å². The number of anilines is 1. The second-order valence-electron chi connectivity index (χ2n) is 8.16. The lowest BCUT2D eigenvalue weighted by atomic mass is 10.1. The Hall–Kier alpha value is -3.62. The molecule has 176 valence electrons. The molecule has 8 heteroatoms. The number of benzene rings is 3. The van der Waals surface area contributed by atoms with Gasteiger partial charge in [0, 0.05) is 15.8 Å². The molecule has 1 aromatic heterocycles. The highest BCUT2D eigenvalue weighted by molar-refractivity contribution is 7.98. The van der Waals surface area contributed by atoms with Gasteiger partial charge in [-0.3, -0.25) is 4.79 Å². The van der Waals surface area contributed by atoms with Gasteiger partial charge in [0.25, 0.3) is 5.91 Å². The van der Waals surface area contributed by atoms with Crippen LogP contribution in [0.15, 0.2) is 81.0 Å². The molecule has 0 radical (unpaired) electrons. The highest BCUT2D eigenvalue weighted by Crippen LogP contribution is 2.33. The maximum atomic E-state index is 11.8. The predicted molar refractivity (Wildman–Crippen MR) is 144 cm³/mol. The number of hydrogen-bond acceptors (Lipinski definition) is 6. The lowest BCUT2D eigenvalue weighted by molar-refractivity contribution is -0.118. The molecule has 2 heterocycles. The first-order chi connectivity index (χ1) is 17.0. The first kappa shape index (κ1) is 23.1. The van der Waals surface area contributed by atoms with Crippen molar-refractivity contribution < 1.29 is 9.53 Å². The zero-order valence-electron chi connectivity index (χ0n) is 19.6. The van der Waals surface area contributed by atoms with Crippen LogP contribution in [-0.2, 0) is 4.79 Å². The van der Waals surface area contributed by atoms with E-state index in [0.29, 0.717) is 11.4 Å². The molecule has 1 amide bonds. The third-order valence-corrected chi connectivity index (χ3v) is 7.31. The molecule has 1 aliphatic rings. The van der Waals surface area contributed by atoms with Crippen LogP contribution in [0.3, 0.4) is 0 Å². The molecule has 0 aliphatic carbocycles. The van der Waals surface area contributed by atoms with Crippen molar-refractivity contribution in [2.45, 2.75) is 18.7 Å². The van der Waals surface area contributed by atoms with E-state index in [4.69, 9.17) is 14.8 Å². The summed E-state index contributed by atoms with van der Waals surface area (Å²) in [5, 5.41) is 9.73. The van der Waals surface area contributed by atoms with Gasteiger partial charge in [-0.2, -0.15) is 5.10 Å². The number of nitrogens with zero attached hydrogens (tertiary/aromatic N) is 3. The predicted octanol–water partition coefficient (Wildman–Crippen LogP) is 6.00. The number of rotatable bonds is 5. The van der Waals surface area contributed by atoms with Gasteiger partial charge in [-0.15, -0.1) is 23.1 Å². The Morgan fingerprint density at radius 2 is 1.89 bits per heavy atom. The molecule has 0 atom stereocenters. The largest absolute Gasteiger partial charge is 0.482 e. The summed E-state index contributed by atoms with van der Waals surface area (Å²) in [6.45, 7) is 4.21. The van der Waals surface area contributed by atoms with Crippen molar-refractivity contribution in [3.05, 3.63) is 87.5 Å². The molecule has 0 bridgehead atoms. The molecule has 5 rings (SSSR count). The standard InChI is InChI=1S/C27H24N4O2S2/c1-17-4-8-21(12-18(17)2)29-27-31(28-14-19-5-9-22(34-3)10-6-19)24(16-35-27)20-7-11-25-23(13-20)30-26(32)15-33-25/h4-14,16H,15H2,1-3H3,(H,30,32). The number of thiazole rings is 1. The van der Waals surface area contributed by atoms with Crippen molar-refractivity contribution in [2.75, 3.05) is 18.2 Å². The second kappa shape index (κ2) is 9.93. The maximum Gasteiger partial charge on any atom is 0.262 e. The van der Waals surface area contributed by atoms with Crippen molar-refractivity contribution in [3.8, 4) is 17.0 Å². The molecular formula is C27H24N4O2S2. The second-order valence-corrected chi connectivity index (χ2v) is 9.88. The first-order valence-corrected chi connectivity index (χ1v) is 13.2. The van der Waals surface area contributed by atoms with E-state index in [2.05, 4.69) is 49.7 Å². The van der Waals surface area contributed by atoms with Crippen LogP contribution in [0.5, 0.6) is 5.75 Å². The molecule has 6 nitrogen and oxygen atoms in total. The number of amides is 1. The van der Waals surface area contributed by atoms with Gasteiger partial charge in [0.1, 0.15) is 5.75 Å². The number of aryl methyl sites for hydroxylation is 2. The van der Waals surface area contributed by atoms with Gasteiger partial charge in [0.15, 0.2) is 6.61 Å². The van der Waals surface area contributed by atoms with Crippen LogP contribution in [0.25, 0.3) is 11.3 Å². The van der Waals surface area contributed by atoms with E-state index < -0.39 is 0 Å². The number of carbonyl (C=O) groups is 1. The number of aromatic nitrogens is 1. The van der Waals surface area contributed by atoms with E-state index in [1.54, 1.807) is 11.8 Å². The van der Waals surface area contributed by atoms with Crippen molar-refractivity contribution in [2.24, 2.45) is 10.1 Å². The highest BCUT2D eigenvalue weighted by atomic mass is 32.2. The van der Waals surface area contributed by atoms with Crippen LogP contribution in [0.1, 0.15) is 16.7 Å². The van der Waals surface area contributed by atoms with E-state index in [1.807, 2.05) is 52.7 Å². The van der Waals surface area contributed by atoms with Crippen LogP contribution in [0.4, 0.5) is 11.4 Å². The van der Waals surface area contributed by atoms with E-state index >= 15 is 0 Å². The summed E-state index contributed by atoms with van der Waals surface area (Å²) >= 11 is 3.22. The number of carbonyl (C=O) groups excluding carboxylic acids is 1. The molecule has 0 saturated carbocycles. The fourth-order valence-electron chi connectivity index (χ4n) is 3.65. The smallest absolute Gasteiger partial charge is 0.262 e. The fourth-order valence-corrected chi connectivity index (χ4v) is 4.91. The topological polar surface area (TPSA) is 68.0 Å². The fraction of sp³-hybridized carbons (Fsp3) is 0.148. The Balaban J connectivity index is 1.61. The first-order valence-electron chi connectivity index (χ1n) is 11.1. The van der Waals surface area contributed by atoms with E-state index in [1.165, 1.54) is 27.4 Å². The van der Waals surface area contributed by atoms with Gasteiger partial charge < -0.3 is 10.1 Å². The van der Waals surface area contributed by atoms with Crippen molar-refractivity contribution >= 4 is 46.6 Å². The Labute approximate surface area is 212 Å². The minimum atomic E-state index is -0.162. The van der Waals surface area contributed by atoms with Crippen molar-refractivity contribution in [1.29, 1.82) is 0 Å². The number of nitrogens with one attached hydrogen (secondary N) is 1. The van der Waals surface area contributed by atoms with Crippen molar-refractivity contribution in [1.82, 2.24) is 4.68 Å². The molecule has 0 unspecified atom stereocenters. The summed E-state index contributed by atoms with van der Waals surface area (Å²) in [5.41, 5.74) is 6.72. The Morgan fingerprint density at radius 3 is 2.66 bits per heavy atom. The number of thioether (sulfide) groups is 1. The van der Waals surface area contributed by atoms with Crippen LogP contribution in [-0.4, -0.2) is 29.7 Å². The van der Waals surface area contributed by atoms with Crippen LogP contribution in [0.2, 0.25) is 0 Å². The van der Waals surface area contributed by atoms with Crippen molar-refractivity contribution in [3.63, 3.8) is 0 Å². The summed E-state index contributed by atoms with van der Waals surface area (Å²) in [7, 11) is 0. The monoisotopic (exact) mass is 500 g/mol. The molecule has 0 saturated heterocycles. The maximum absolute atomic E-state index is 11.8. The van der Waals surface area contributed by atoms with Gasteiger partial charge in [0.2, 0.25) is 4.80 Å². The Kier molecular flexibility index (Phi) is 6.57. The molecule has 1 aliphatic heterocycles. The molecule has 35 heavy (non-hydrogen) atoms. The van der Waals surface area contributed by atoms with Crippen LogP contribution >= 0.6 is 23.1 Å². The zero-order valence-corrected chi connectivity index (χ0v) is 21.2. The highest BCUT2D eigenvalue weighted by Gasteiger charge is 2.18. The van der Waals surface area contributed by atoms with Gasteiger partial charge >= 0.3 is 0 Å². The molecule has 1 N–H and O–H groups in total. The average molecular weight is 501 g/mol. The Bertz CT molecular complexity index is 1500. The van der Waals surface area contributed by atoms with Gasteiger partial charge in [-0.05, 0) is 79.3 Å². The van der Waals surface area contributed by atoms with E-state index in [9.17, 15) is 4.79 Å². The average Bonchev–Trinajstić information content (AvgIpc) is 3.27. The summed E-state index contributed by atoms with van der Waals surface area (Å²) in [6.07, 6.45) is 3.90. The molecular weight excluding hydrogens is 476 g/mol. The molecule has 0 fully saturated rings. The summed E-state index contributed by atoms with van der Waals surface area (Å²) in [4.78, 5) is 18.7. The zero-order chi connectivity index (χ0) is 24.4. The van der Waals surface area contributed by atoms with Gasteiger partial charge in [0.05, 0.1) is 23.3 Å². The normalized spacial score (nSPS) is 13.6. The van der Waals surface area contributed by atoms with E-state index in [0.717, 1.165) is 27.3 Å². The van der Waals surface area contributed by atoms with Crippen LogP contribution in [0, 0.1) is 13.8 Å². The number of hydrogen-bond donors (Lipinski definition) is 1. The minimum Gasteiger partial charge on any atom is -0.482 e. The lowest BCUT2D eigenvalue weighted by Crippen LogP contribution is -2.25. The SMILES string of the molecule is CSc1ccc(C=Nn2c(-c3ccc4c(c3)NC(=O)CO4)csc2=Nc2ccc(C)c(C)c2)cc1. The quantitative estimate of drug-likeness (QED) is 0.270. The molecule has 0 spiro atoms.